The summed E-state index contributed by atoms with van der Waals surface area (Å²) in [6, 6.07) is 19.2. The number of carbonyl (C=O) groups excluding carboxylic acids is 1. The highest BCUT2D eigenvalue weighted by Crippen LogP contribution is 2.28. The summed E-state index contributed by atoms with van der Waals surface area (Å²) in [5, 5.41) is 20.9. The number of nitrogens with zero attached hydrogens (tertiary/aromatic N) is 6. The molecular weight excluding hydrogens is 550 g/mol. The standard InChI is InChI=1S/C35H43N7O2/c1-4-5-6-7-8-9-10-11-14-26(2)31-18-13-17-30(37-31)23-42-24-33(40-41-42)29-20-32(28-16-12-15-27(19-28)22-36)38-34(21-29)39-35(43)25-44-3/h12-13,15-21,24,26H,4-11,14,23,25H2,1-3H3,(H,38,39,43). The lowest BCUT2D eigenvalue weighted by Gasteiger charge is -2.12. The molecule has 44 heavy (non-hydrogen) atoms. The van der Waals surface area contributed by atoms with Gasteiger partial charge in [0.1, 0.15) is 18.1 Å². The minimum absolute atomic E-state index is 0.0921. The molecule has 0 saturated carbocycles. The van der Waals surface area contributed by atoms with Crippen molar-refractivity contribution >= 4 is 11.7 Å². The van der Waals surface area contributed by atoms with Crippen LogP contribution in [0.3, 0.4) is 0 Å². The van der Waals surface area contributed by atoms with E-state index in [1.165, 1.54) is 58.5 Å². The van der Waals surface area contributed by atoms with Gasteiger partial charge in [-0.3, -0.25) is 9.78 Å². The summed E-state index contributed by atoms with van der Waals surface area (Å²) in [6.45, 7) is 4.92. The number of pyridine rings is 2. The third-order valence-corrected chi connectivity index (χ3v) is 7.64. The lowest BCUT2D eigenvalue weighted by atomic mass is 9.98. The van der Waals surface area contributed by atoms with Gasteiger partial charge in [0.25, 0.3) is 5.91 Å². The van der Waals surface area contributed by atoms with Gasteiger partial charge in [-0.2, -0.15) is 5.26 Å². The fourth-order valence-corrected chi connectivity index (χ4v) is 5.22. The predicted octanol–water partition coefficient (Wildman–Crippen LogP) is 7.54. The molecule has 1 atom stereocenters. The van der Waals surface area contributed by atoms with Crippen LogP contribution in [0.5, 0.6) is 0 Å². The van der Waals surface area contributed by atoms with Crippen LogP contribution in [-0.4, -0.2) is 44.6 Å². The van der Waals surface area contributed by atoms with Crippen LogP contribution in [-0.2, 0) is 16.1 Å². The Hall–Kier alpha value is -4.42. The maximum atomic E-state index is 12.3. The fourth-order valence-electron chi connectivity index (χ4n) is 5.22. The van der Waals surface area contributed by atoms with Crippen molar-refractivity contribution in [1.29, 1.82) is 5.26 Å². The minimum atomic E-state index is -0.319. The number of aromatic nitrogens is 5. The van der Waals surface area contributed by atoms with Gasteiger partial charge >= 0.3 is 0 Å². The van der Waals surface area contributed by atoms with E-state index in [-0.39, 0.29) is 12.5 Å². The van der Waals surface area contributed by atoms with E-state index in [0.29, 0.717) is 35.2 Å². The number of amides is 1. The molecule has 0 bridgehead atoms. The molecule has 3 heterocycles. The highest BCUT2D eigenvalue weighted by atomic mass is 16.5. The predicted molar refractivity (Wildman–Crippen MR) is 173 cm³/mol. The molecule has 1 N–H and O–H groups in total. The molecule has 3 aromatic heterocycles. The molecule has 0 saturated heterocycles. The molecule has 9 nitrogen and oxygen atoms in total. The number of nitriles is 1. The molecular formula is C35H43N7O2. The second kappa shape index (κ2) is 17.0. The second-order valence-corrected chi connectivity index (χ2v) is 11.3. The SMILES string of the molecule is CCCCCCCCCCC(C)c1cccc(Cn2cc(-c3cc(NC(=O)COC)nc(-c4cccc(C#N)c4)c3)nn2)n1. The smallest absolute Gasteiger partial charge is 0.251 e. The Morgan fingerprint density at radius 3 is 2.50 bits per heavy atom. The quantitative estimate of drug-likeness (QED) is 0.126. The third-order valence-electron chi connectivity index (χ3n) is 7.64. The fraction of sp³-hybridized carbons (Fsp3) is 0.429. The summed E-state index contributed by atoms with van der Waals surface area (Å²) >= 11 is 0. The lowest BCUT2D eigenvalue weighted by molar-refractivity contribution is -0.119. The molecule has 1 unspecified atom stereocenters. The van der Waals surface area contributed by atoms with E-state index in [1.807, 2.05) is 24.4 Å². The first kappa shape index (κ1) is 32.5. The van der Waals surface area contributed by atoms with Crippen molar-refractivity contribution in [3.05, 3.63) is 77.7 Å². The molecule has 4 rings (SSSR count). The van der Waals surface area contributed by atoms with Gasteiger partial charge in [-0.25, -0.2) is 9.67 Å². The van der Waals surface area contributed by atoms with Gasteiger partial charge in [-0.15, -0.1) is 5.10 Å². The summed E-state index contributed by atoms with van der Waals surface area (Å²) in [7, 11) is 1.46. The van der Waals surface area contributed by atoms with Crippen LogP contribution in [0, 0.1) is 11.3 Å². The van der Waals surface area contributed by atoms with E-state index in [9.17, 15) is 10.1 Å². The molecule has 0 aliphatic rings. The van der Waals surface area contributed by atoms with E-state index in [4.69, 9.17) is 9.72 Å². The number of hydrogen-bond acceptors (Lipinski definition) is 7. The van der Waals surface area contributed by atoms with Crippen LogP contribution < -0.4 is 5.32 Å². The Morgan fingerprint density at radius 2 is 1.73 bits per heavy atom. The van der Waals surface area contributed by atoms with Gasteiger partial charge in [0.15, 0.2) is 0 Å². The Morgan fingerprint density at radius 1 is 0.955 bits per heavy atom. The van der Waals surface area contributed by atoms with Crippen molar-refractivity contribution in [2.45, 2.75) is 84.1 Å². The summed E-state index contributed by atoms with van der Waals surface area (Å²) in [5.41, 5.74) is 5.28. The van der Waals surface area contributed by atoms with E-state index in [1.54, 1.807) is 28.9 Å². The number of ether oxygens (including phenoxy) is 1. The minimum Gasteiger partial charge on any atom is -0.375 e. The van der Waals surface area contributed by atoms with Gasteiger partial charge in [-0.1, -0.05) is 88.6 Å². The Kier molecular flexibility index (Phi) is 12.6. The zero-order valence-electron chi connectivity index (χ0n) is 26.1. The molecule has 4 aromatic rings. The number of rotatable bonds is 17. The van der Waals surface area contributed by atoms with E-state index >= 15 is 0 Å². The Bertz CT molecular complexity index is 1540. The van der Waals surface area contributed by atoms with Crippen LogP contribution in [0.1, 0.15) is 94.5 Å². The van der Waals surface area contributed by atoms with Crippen LogP contribution in [0.15, 0.2) is 60.8 Å². The molecule has 0 aliphatic heterocycles. The number of nitrogens with one attached hydrogen (secondary N) is 1. The number of benzene rings is 1. The average Bonchev–Trinajstić information content (AvgIpc) is 3.51. The van der Waals surface area contributed by atoms with Gasteiger partial charge in [0, 0.05) is 23.9 Å². The zero-order valence-corrected chi connectivity index (χ0v) is 26.1. The van der Waals surface area contributed by atoms with Gasteiger partial charge in [0.2, 0.25) is 0 Å². The zero-order chi connectivity index (χ0) is 31.1. The van der Waals surface area contributed by atoms with E-state index < -0.39 is 0 Å². The normalized spacial score (nSPS) is 11.7. The number of unbranched alkanes of at least 4 members (excludes halogenated alkanes) is 7. The van der Waals surface area contributed by atoms with Crippen LogP contribution in [0.25, 0.3) is 22.5 Å². The highest BCUT2D eigenvalue weighted by molar-refractivity contribution is 5.91. The largest absolute Gasteiger partial charge is 0.375 e. The van der Waals surface area contributed by atoms with Gasteiger partial charge < -0.3 is 10.1 Å². The van der Waals surface area contributed by atoms with Crippen molar-refractivity contribution in [1.82, 2.24) is 25.0 Å². The van der Waals surface area contributed by atoms with Crippen molar-refractivity contribution in [3.8, 4) is 28.6 Å². The molecule has 1 aromatic carbocycles. The third kappa shape index (κ3) is 9.81. The van der Waals surface area contributed by atoms with Crippen molar-refractivity contribution in [2.24, 2.45) is 0 Å². The lowest BCUT2D eigenvalue weighted by Crippen LogP contribution is -2.18. The molecule has 0 fully saturated rings. The summed E-state index contributed by atoms with van der Waals surface area (Å²) in [6.07, 6.45) is 13.6. The summed E-state index contributed by atoms with van der Waals surface area (Å²) < 4.78 is 6.72. The average molecular weight is 594 g/mol. The van der Waals surface area contributed by atoms with Crippen molar-refractivity contribution < 1.29 is 9.53 Å². The molecule has 0 aliphatic carbocycles. The number of hydrogen-bond donors (Lipinski definition) is 1. The second-order valence-electron chi connectivity index (χ2n) is 11.3. The van der Waals surface area contributed by atoms with Crippen molar-refractivity contribution in [3.63, 3.8) is 0 Å². The van der Waals surface area contributed by atoms with Crippen LogP contribution >= 0.6 is 0 Å². The molecule has 1 amide bonds. The summed E-state index contributed by atoms with van der Waals surface area (Å²) in [5.74, 6) is 0.444. The van der Waals surface area contributed by atoms with E-state index in [0.717, 1.165) is 28.9 Å². The first-order valence-electron chi connectivity index (χ1n) is 15.7. The topological polar surface area (TPSA) is 119 Å². The van der Waals surface area contributed by atoms with Crippen LogP contribution in [0.4, 0.5) is 5.82 Å². The Balaban J connectivity index is 1.44. The van der Waals surface area contributed by atoms with Gasteiger partial charge in [-0.05, 0) is 48.7 Å². The monoisotopic (exact) mass is 593 g/mol. The molecule has 0 radical (unpaired) electrons. The van der Waals surface area contributed by atoms with Crippen molar-refractivity contribution in [2.75, 3.05) is 19.0 Å². The summed E-state index contributed by atoms with van der Waals surface area (Å²) in [4.78, 5) is 21.8. The first-order chi connectivity index (χ1) is 21.5. The first-order valence-corrected chi connectivity index (χ1v) is 15.7. The maximum absolute atomic E-state index is 12.3. The maximum Gasteiger partial charge on any atom is 0.251 e. The highest BCUT2D eigenvalue weighted by Gasteiger charge is 2.14. The van der Waals surface area contributed by atoms with E-state index in [2.05, 4.69) is 52.7 Å². The number of methoxy groups -OCH3 is 1. The van der Waals surface area contributed by atoms with Gasteiger partial charge in [0.05, 0.1) is 35.8 Å². The Labute approximate surface area is 260 Å². The number of carbonyl (C=O) groups is 1. The molecule has 230 valence electrons. The number of anilines is 1. The van der Waals surface area contributed by atoms with Crippen LogP contribution in [0.2, 0.25) is 0 Å². The molecule has 0 spiro atoms. The molecule has 9 heteroatoms.